The first-order chi connectivity index (χ1) is 8.08. The molecule has 0 radical (unpaired) electrons. The fourth-order valence-electron chi connectivity index (χ4n) is 1.97. The quantitative estimate of drug-likeness (QED) is 0.639. The van der Waals surface area contributed by atoms with Crippen molar-refractivity contribution in [2.24, 2.45) is 5.73 Å². The summed E-state index contributed by atoms with van der Waals surface area (Å²) in [6.45, 7) is 2.17. The maximum atomic E-state index is 10.8. The molecule has 1 aromatic carbocycles. The molecule has 1 saturated carbocycles. The first kappa shape index (κ1) is 12.0. The summed E-state index contributed by atoms with van der Waals surface area (Å²) >= 11 is 0. The molecule has 0 heterocycles. The van der Waals surface area contributed by atoms with Gasteiger partial charge < -0.3 is 10.5 Å². The molecule has 92 valence electrons. The molecular weight excluding hydrogens is 220 g/mol. The van der Waals surface area contributed by atoms with Crippen LogP contribution < -0.4 is 5.73 Å². The number of nitro benzene ring substituents is 1. The Bertz CT molecular complexity index is 428. The van der Waals surface area contributed by atoms with E-state index in [9.17, 15) is 10.1 Å². The van der Waals surface area contributed by atoms with Crippen LogP contribution >= 0.6 is 0 Å². The van der Waals surface area contributed by atoms with Gasteiger partial charge in [-0.05, 0) is 25.3 Å². The minimum atomic E-state index is -0.363. The maximum Gasteiger partial charge on any atom is 0.272 e. The Kier molecular flexibility index (Phi) is 3.40. The van der Waals surface area contributed by atoms with E-state index in [0.29, 0.717) is 12.2 Å². The Hall–Kier alpha value is -1.46. The number of nitrogens with two attached hydrogens (primary N) is 1. The number of hydrogen-bond donors (Lipinski definition) is 1. The number of hydrogen-bond acceptors (Lipinski definition) is 4. The van der Waals surface area contributed by atoms with Crippen molar-refractivity contribution in [2.75, 3.05) is 0 Å². The van der Waals surface area contributed by atoms with E-state index in [1.807, 2.05) is 6.07 Å². The smallest absolute Gasteiger partial charge is 0.272 e. The van der Waals surface area contributed by atoms with Gasteiger partial charge in [-0.1, -0.05) is 12.1 Å². The van der Waals surface area contributed by atoms with E-state index in [1.165, 1.54) is 6.07 Å². The van der Waals surface area contributed by atoms with Gasteiger partial charge in [-0.15, -0.1) is 0 Å². The summed E-state index contributed by atoms with van der Waals surface area (Å²) < 4.78 is 5.65. The lowest BCUT2D eigenvalue weighted by Gasteiger charge is -2.32. The van der Waals surface area contributed by atoms with E-state index in [2.05, 4.69) is 0 Å². The molecule has 0 saturated heterocycles. The summed E-state index contributed by atoms with van der Waals surface area (Å²) in [4.78, 5) is 10.4. The number of nitrogens with zero attached hydrogens (tertiary/aromatic N) is 1. The summed E-state index contributed by atoms with van der Waals surface area (Å²) in [5.41, 5.74) is 7.37. The lowest BCUT2D eigenvalue weighted by atomic mass is 9.90. The monoisotopic (exact) mass is 236 g/mol. The van der Waals surface area contributed by atoms with E-state index in [4.69, 9.17) is 10.5 Å². The van der Waals surface area contributed by atoms with E-state index in [-0.39, 0.29) is 22.8 Å². The fraction of sp³-hybridized carbons (Fsp3) is 0.500. The number of ether oxygens (including phenoxy) is 1. The summed E-state index contributed by atoms with van der Waals surface area (Å²) in [5.74, 6) is 0. The first-order valence-corrected chi connectivity index (χ1v) is 5.68. The molecule has 1 fully saturated rings. The van der Waals surface area contributed by atoms with Crippen molar-refractivity contribution >= 4 is 5.69 Å². The first-order valence-electron chi connectivity index (χ1n) is 5.68. The summed E-state index contributed by atoms with van der Waals surface area (Å²) in [5, 5.41) is 10.8. The number of rotatable bonds is 4. The molecule has 0 aliphatic heterocycles. The molecule has 0 aromatic heterocycles. The van der Waals surface area contributed by atoms with Gasteiger partial charge in [-0.3, -0.25) is 10.1 Å². The van der Waals surface area contributed by atoms with Gasteiger partial charge in [-0.25, -0.2) is 0 Å². The molecule has 5 heteroatoms. The van der Waals surface area contributed by atoms with Crippen molar-refractivity contribution in [3.63, 3.8) is 0 Å². The van der Waals surface area contributed by atoms with Gasteiger partial charge in [-0.2, -0.15) is 0 Å². The van der Waals surface area contributed by atoms with E-state index >= 15 is 0 Å². The second-order valence-corrected chi connectivity index (χ2v) is 4.48. The Balaban J connectivity index is 2.01. The highest BCUT2D eigenvalue weighted by Gasteiger charge is 2.26. The topological polar surface area (TPSA) is 78.4 Å². The maximum absolute atomic E-state index is 10.8. The van der Waals surface area contributed by atoms with Crippen LogP contribution in [0.4, 0.5) is 5.69 Å². The highest BCUT2D eigenvalue weighted by atomic mass is 16.6. The lowest BCUT2D eigenvalue weighted by molar-refractivity contribution is -0.385. The van der Waals surface area contributed by atoms with Crippen LogP contribution in [0.2, 0.25) is 0 Å². The Morgan fingerprint density at radius 2 is 2.24 bits per heavy atom. The van der Waals surface area contributed by atoms with E-state index in [0.717, 1.165) is 18.4 Å². The Morgan fingerprint density at radius 1 is 1.53 bits per heavy atom. The van der Waals surface area contributed by atoms with Gasteiger partial charge in [0, 0.05) is 17.7 Å². The van der Waals surface area contributed by atoms with Gasteiger partial charge in [0.15, 0.2) is 0 Å². The largest absolute Gasteiger partial charge is 0.373 e. The number of benzene rings is 1. The van der Waals surface area contributed by atoms with Gasteiger partial charge >= 0.3 is 0 Å². The van der Waals surface area contributed by atoms with Crippen LogP contribution in [0.3, 0.4) is 0 Å². The molecular formula is C12H16N2O3. The highest BCUT2D eigenvalue weighted by Crippen LogP contribution is 2.25. The third kappa shape index (κ3) is 2.62. The van der Waals surface area contributed by atoms with E-state index in [1.54, 1.807) is 13.0 Å². The molecule has 0 spiro atoms. The molecule has 0 bridgehead atoms. The van der Waals surface area contributed by atoms with Crippen LogP contribution in [0.25, 0.3) is 0 Å². The molecule has 1 aliphatic carbocycles. The molecule has 2 N–H and O–H groups in total. The van der Waals surface area contributed by atoms with Gasteiger partial charge in [0.1, 0.15) is 0 Å². The molecule has 0 atom stereocenters. The zero-order valence-electron chi connectivity index (χ0n) is 9.76. The Labute approximate surface area is 99.7 Å². The predicted octanol–water partition coefficient (Wildman–Crippen LogP) is 1.91. The third-order valence-corrected chi connectivity index (χ3v) is 3.22. The second kappa shape index (κ2) is 4.81. The SMILES string of the molecule is Cc1c(COC2CC(N)C2)cccc1[N+](=O)[O-]. The van der Waals surface area contributed by atoms with Crippen molar-refractivity contribution < 1.29 is 9.66 Å². The van der Waals surface area contributed by atoms with Crippen LogP contribution in [0, 0.1) is 17.0 Å². The molecule has 17 heavy (non-hydrogen) atoms. The lowest BCUT2D eigenvalue weighted by Crippen LogP contribution is -2.41. The van der Waals surface area contributed by atoms with Crippen molar-refractivity contribution in [3.8, 4) is 0 Å². The summed E-state index contributed by atoms with van der Waals surface area (Å²) in [6.07, 6.45) is 1.98. The van der Waals surface area contributed by atoms with Crippen molar-refractivity contribution in [1.82, 2.24) is 0 Å². The van der Waals surface area contributed by atoms with Crippen molar-refractivity contribution in [3.05, 3.63) is 39.4 Å². The van der Waals surface area contributed by atoms with Crippen LogP contribution in [-0.2, 0) is 11.3 Å². The van der Waals surface area contributed by atoms with Gasteiger partial charge in [0.2, 0.25) is 0 Å². The van der Waals surface area contributed by atoms with Crippen LogP contribution in [0.15, 0.2) is 18.2 Å². The summed E-state index contributed by atoms with van der Waals surface area (Å²) in [6, 6.07) is 5.32. The molecule has 1 aliphatic rings. The second-order valence-electron chi connectivity index (χ2n) is 4.48. The van der Waals surface area contributed by atoms with Gasteiger partial charge in [0.05, 0.1) is 17.6 Å². The standard InChI is InChI=1S/C12H16N2O3/c1-8-9(3-2-4-12(8)14(15)16)7-17-11-5-10(13)6-11/h2-4,10-11H,5-7,13H2,1H3. The predicted molar refractivity (Wildman–Crippen MR) is 63.6 cm³/mol. The van der Waals surface area contributed by atoms with E-state index < -0.39 is 0 Å². The highest BCUT2D eigenvalue weighted by molar-refractivity contribution is 5.44. The normalized spacial score (nSPS) is 23.2. The van der Waals surface area contributed by atoms with Crippen LogP contribution in [0.5, 0.6) is 0 Å². The fourth-order valence-corrected chi connectivity index (χ4v) is 1.97. The average Bonchev–Trinajstić information content (AvgIpc) is 2.24. The third-order valence-electron chi connectivity index (χ3n) is 3.22. The minimum Gasteiger partial charge on any atom is -0.373 e. The van der Waals surface area contributed by atoms with Crippen molar-refractivity contribution in [2.45, 2.75) is 38.5 Å². The van der Waals surface area contributed by atoms with Gasteiger partial charge in [0.25, 0.3) is 5.69 Å². The number of nitro groups is 1. The molecule has 0 unspecified atom stereocenters. The zero-order valence-corrected chi connectivity index (χ0v) is 9.76. The molecule has 0 amide bonds. The Morgan fingerprint density at radius 3 is 2.82 bits per heavy atom. The summed E-state index contributed by atoms with van der Waals surface area (Å²) in [7, 11) is 0. The average molecular weight is 236 g/mol. The van der Waals surface area contributed by atoms with Crippen LogP contribution in [0.1, 0.15) is 24.0 Å². The zero-order chi connectivity index (χ0) is 12.4. The minimum absolute atomic E-state index is 0.149. The molecule has 5 nitrogen and oxygen atoms in total. The molecule has 1 aromatic rings. The van der Waals surface area contributed by atoms with Crippen LogP contribution in [-0.4, -0.2) is 17.1 Å². The molecule has 2 rings (SSSR count). The van der Waals surface area contributed by atoms with Crippen molar-refractivity contribution in [1.29, 1.82) is 0 Å².